The van der Waals surface area contributed by atoms with E-state index in [2.05, 4.69) is 33.9 Å². The molecule has 0 aromatic heterocycles. The van der Waals surface area contributed by atoms with Gasteiger partial charge in [-0.05, 0) is 56.5 Å². The van der Waals surface area contributed by atoms with Crippen LogP contribution in [0.5, 0.6) is 0 Å². The maximum Gasteiger partial charge on any atom is 0.337 e. The van der Waals surface area contributed by atoms with Crippen LogP contribution in [0.4, 0.5) is 0 Å². The molecule has 27 heavy (non-hydrogen) atoms. The SMILES string of the molecule is CCOC(=O)C1=C2[C@H](O[Si](C)(C)C(C)(C)C)CC[C@@H]2[C@H]2O[C@@H]1C=C2C(C)=O. The van der Waals surface area contributed by atoms with Crippen molar-refractivity contribution < 1.29 is 23.5 Å². The second-order valence-electron chi connectivity index (χ2n) is 9.30. The fourth-order valence-electron chi connectivity index (χ4n) is 4.14. The Labute approximate surface area is 163 Å². The molecule has 2 aliphatic heterocycles. The smallest absolute Gasteiger partial charge is 0.337 e. The van der Waals surface area contributed by atoms with Crippen molar-refractivity contribution in [2.45, 2.75) is 83.9 Å². The van der Waals surface area contributed by atoms with Crippen LogP contribution < -0.4 is 0 Å². The largest absolute Gasteiger partial charge is 0.463 e. The summed E-state index contributed by atoms with van der Waals surface area (Å²) in [5.74, 6) is -0.304. The van der Waals surface area contributed by atoms with E-state index in [9.17, 15) is 9.59 Å². The number of ether oxygens (including phenoxy) is 2. The van der Waals surface area contributed by atoms with Crippen molar-refractivity contribution >= 4 is 20.1 Å². The van der Waals surface area contributed by atoms with Gasteiger partial charge in [-0.3, -0.25) is 4.79 Å². The molecule has 0 saturated heterocycles. The third-order valence-corrected chi connectivity index (χ3v) is 11.0. The molecular formula is C21H32O5Si. The lowest BCUT2D eigenvalue weighted by atomic mass is 9.87. The van der Waals surface area contributed by atoms with Crippen molar-refractivity contribution in [2.24, 2.45) is 5.92 Å². The van der Waals surface area contributed by atoms with Crippen LogP contribution in [0.25, 0.3) is 0 Å². The second-order valence-corrected chi connectivity index (χ2v) is 14.1. The Kier molecular flexibility index (Phi) is 5.29. The first-order valence-electron chi connectivity index (χ1n) is 9.95. The zero-order chi connectivity index (χ0) is 20.1. The van der Waals surface area contributed by atoms with E-state index in [1.807, 2.05) is 6.08 Å². The molecule has 0 unspecified atom stereocenters. The third kappa shape index (κ3) is 3.47. The summed E-state index contributed by atoms with van der Waals surface area (Å²) in [6, 6.07) is 0. The van der Waals surface area contributed by atoms with Gasteiger partial charge in [0.25, 0.3) is 0 Å². The molecule has 1 saturated carbocycles. The standard InChI is InChI=1S/C21H32O5Si/c1-8-24-20(23)18-16-11-14(12(2)22)19(25-16)13-9-10-15(17(13)18)26-27(6,7)21(3,4)5/h11,13,15-16,19H,8-10H2,1-7H3/t13-,15+,16+,19+/m0/s1. The van der Waals surface area contributed by atoms with Crippen LogP contribution in [0.15, 0.2) is 22.8 Å². The van der Waals surface area contributed by atoms with E-state index in [-0.39, 0.29) is 34.9 Å². The van der Waals surface area contributed by atoms with Crippen molar-refractivity contribution in [2.75, 3.05) is 6.61 Å². The summed E-state index contributed by atoms with van der Waals surface area (Å²) < 4.78 is 18.2. The summed E-state index contributed by atoms with van der Waals surface area (Å²) in [5, 5.41) is 0.0860. The molecule has 0 amide bonds. The lowest BCUT2D eigenvalue weighted by molar-refractivity contribution is -0.140. The zero-order valence-electron chi connectivity index (χ0n) is 17.5. The maximum atomic E-state index is 12.8. The van der Waals surface area contributed by atoms with Crippen molar-refractivity contribution in [3.63, 3.8) is 0 Å². The predicted octanol–water partition coefficient (Wildman–Crippen LogP) is 3.94. The summed E-state index contributed by atoms with van der Waals surface area (Å²) in [7, 11) is -2.00. The van der Waals surface area contributed by atoms with Crippen LogP contribution in [0.2, 0.25) is 18.1 Å². The molecule has 1 aliphatic carbocycles. The van der Waals surface area contributed by atoms with Crippen LogP contribution in [-0.4, -0.2) is 45.0 Å². The second kappa shape index (κ2) is 6.98. The van der Waals surface area contributed by atoms with E-state index in [0.717, 1.165) is 18.4 Å². The van der Waals surface area contributed by atoms with Gasteiger partial charge in [-0.15, -0.1) is 0 Å². The van der Waals surface area contributed by atoms with Gasteiger partial charge in [-0.2, -0.15) is 0 Å². The van der Waals surface area contributed by atoms with Gasteiger partial charge < -0.3 is 13.9 Å². The molecule has 0 N–H and O–H groups in total. The topological polar surface area (TPSA) is 61.8 Å². The zero-order valence-corrected chi connectivity index (χ0v) is 18.5. The number of rotatable bonds is 5. The Hall–Kier alpha value is -1.24. The van der Waals surface area contributed by atoms with Crippen molar-refractivity contribution in [3.05, 3.63) is 22.8 Å². The summed E-state index contributed by atoms with van der Waals surface area (Å²) >= 11 is 0. The molecule has 3 rings (SSSR count). The minimum atomic E-state index is -2.00. The minimum absolute atomic E-state index is 0.0146. The highest BCUT2D eigenvalue weighted by molar-refractivity contribution is 6.74. The number of esters is 1. The molecule has 150 valence electrons. The fourth-order valence-corrected chi connectivity index (χ4v) is 5.45. The van der Waals surface area contributed by atoms with Gasteiger partial charge in [-0.1, -0.05) is 20.8 Å². The molecule has 5 nitrogen and oxygen atoms in total. The molecule has 3 aliphatic rings. The summed E-state index contributed by atoms with van der Waals surface area (Å²) in [4.78, 5) is 24.9. The quantitative estimate of drug-likeness (QED) is 0.524. The van der Waals surface area contributed by atoms with Crippen LogP contribution >= 0.6 is 0 Å². The third-order valence-electron chi connectivity index (χ3n) is 6.52. The number of carbonyl (C=O) groups excluding carboxylic acids is 2. The molecular weight excluding hydrogens is 360 g/mol. The Balaban J connectivity index is 2.02. The average molecular weight is 393 g/mol. The van der Waals surface area contributed by atoms with Crippen molar-refractivity contribution in [1.29, 1.82) is 0 Å². The average Bonchev–Trinajstić information content (AvgIpc) is 3.10. The van der Waals surface area contributed by atoms with E-state index < -0.39 is 14.4 Å². The molecule has 0 spiro atoms. The fraction of sp³-hybridized carbons (Fsp3) is 0.714. The van der Waals surface area contributed by atoms with Crippen molar-refractivity contribution in [1.82, 2.24) is 0 Å². The lowest BCUT2D eigenvalue weighted by Gasteiger charge is -2.40. The number of ketones is 1. The number of hydrogen-bond acceptors (Lipinski definition) is 5. The van der Waals surface area contributed by atoms with Crippen LogP contribution in [0, 0.1) is 5.92 Å². The van der Waals surface area contributed by atoms with E-state index >= 15 is 0 Å². The summed E-state index contributed by atoms with van der Waals surface area (Å²) in [5.41, 5.74) is 2.28. The van der Waals surface area contributed by atoms with Gasteiger partial charge >= 0.3 is 5.97 Å². The number of fused-ring (bicyclic) bond motifs is 4. The number of carbonyl (C=O) groups is 2. The Morgan fingerprint density at radius 2 is 1.93 bits per heavy atom. The van der Waals surface area contributed by atoms with Crippen LogP contribution in [-0.2, 0) is 23.5 Å². The first-order chi connectivity index (χ1) is 12.5. The van der Waals surface area contributed by atoms with Crippen LogP contribution in [0.3, 0.4) is 0 Å². The normalized spacial score (nSPS) is 30.3. The van der Waals surface area contributed by atoms with Gasteiger partial charge in [-0.25, -0.2) is 4.79 Å². The monoisotopic (exact) mass is 392 g/mol. The maximum absolute atomic E-state index is 12.8. The highest BCUT2D eigenvalue weighted by atomic mass is 28.4. The molecule has 6 heteroatoms. The number of Topliss-reactive ketones (excluding diaryl/α,β-unsaturated/α-hetero) is 1. The Morgan fingerprint density at radius 3 is 2.48 bits per heavy atom. The molecule has 2 bridgehead atoms. The molecule has 1 fully saturated rings. The molecule has 0 aromatic rings. The molecule has 0 radical (unpaired) electrons. The summed E-state index contributed by atoms with van der Waals surface area (Å²) in [6.07, 6.45) is 2.68. The lowest BCUT2D eigenvalue weighted by Crippen LogP contribution is -2.45. The Morgan fingerprint density at radius 1 is 1.26 bits per heavy atom. The number of hydrogen-bond donors (Lipinski definition) is 0. The van der Waals surface area contributed by atoms with E-state index in [1.165, 1.54) is 0 Å². The van der Waals surface area contributed by atoms with E-state index in [1.54, 1.807) is 13.8 Å². The van der Waals surface area contributed by atoms with E-state index in [4.69, 9.17) is 13.9 Å². The minimum Gasteiger partial charge on any atom is -0.463 e. The molecule has 4 atom stereocenters. The highest BCUT2D eigenvalue weighted by Crippen LogP contribution is 2.51. The predicted molar refractivity (Wildman–Crippen MR) is 106 cm³/mol. The van der Waals surface area contributed by atoms with Crippen molar-refractivity contribution in [3.8, 4) is 0 Å². The van der Waals surface area contributed by atoms with Gasteiger partial charge in [0, 0.05) is 11.5 Å². The molecule has 0 aromatic carbocycles. The molecule has 2 heterocycles. The highest BCUT2D eigenvalue weighted by Gasteiger charge is 2.53. The van der Waals surface area contributed by atoms with Crippen LogP contribution in [0.1, 0.15) is 47.5 Å². The van der Waals surface area contributed by atoms with E-state index in [0.29, 0.717) is 17.8 Å². The van der Waals surface area contributed by atoms with Gasteiger partial charge in [0.2, 0.25) is 0 Å². The van der Waals surface area contributed by atoms with Gasteiger partial charge in [0.15, 0.2) is 14.1 Å². The Bertz CT molecular complexity index is 713. The van der Waals surface area contributed by atoms with Gasteiger partial charge in [0.05, 0.1) is 24.4 Å². The first-order valence-corrected chi connectivity index (χ1v) is 12.9. The summed E-state index contributed by atoms with van der Waals surface area (Å²) in [6.45, 7) is 14.8. The van der Waals surface area contributed by atoms with Gasteiger partial charge in [0.1, 0.15) is 6.10 Å². The first kappa shape index (κ1) is 20.5.